The average Bonchev–Trinajstić information content (AvgIpc) is 2.93. The minimum atomic E-state index is -0.450. The lowest BCUT2D eigenvalue weighted by atomic mass is 9.83. The van der Waals surface area contributed by atoms with Gasteiger partial charge in [0.2, 0.25) is 5.91 Å². The van der Waals surface area contributed by atoms with E-state index in [9.17, 15) is 19.3 Å². The molecule has 198 valence electrons. The fraction of sp³-hybridized carbons (Fsp3) is 0.321. The van der Waals surface area contributed by atoms with Crippen LogP contribution in [0.3, 0.4) is 0 Å². The second-order valence-corrected chi connectivity index (χ2v) is 9.56. The molecule has 2 aliphatic heterocycles. The van der Waals surface area contributed by atoms with Gasteiger partial charge in [0.1, 0.15) is 5.82 Å². The molecule has 2 heterocycles. The van der Waals surface area contributed by atoms with Crippen molar-refractivity contribution in [3.8, 4) is 11.5 Å². The van der Waals surface area contributed by atoms with Gasteiger partial charge in [-0.1, -0.05) is 12.1 Å². The molecule has 3 aromatic carbocycles. The molecule has 0 unspecified atom stereocenters. The first-order chi connectivity index (χ1) is 18.4. The highest BCUT2D eigenvalue weighted by molar-refractivity contribution is 5.94. The van der Waals surface area contributed by atoms with Gasteiger partial charge < -0.3 is 19.7 Å². The van der Waals surface area contributed by atoms with Crippen LogP contribution in [0.4, 0.5) is 21.5 Å². The van der Waals surface area contributed by atoms with Crippen molar-refractivity contribution >= 4 is 23.0 Å². The van der Waals surface area contributed by atoms with Crippen LogP contribution < -0.4 is 19.7 Å². The number of benzene rings is 3. The Balaban J connectivity index is 1.43. The number of amides is 1. The average molecular weight is 521 g/mol. The summed E-state index contributed by atoms with van der Waals surface area (Å²) in [5.74, 6) is 0.157. The number of hydrogen-bond acceptors (Lipinski definition) is 7. The van der Waals surface area contributed by atoms with E-state index in [-0.39, 0.29) is 23.5 Å². The molecule has 2 atom stereocenters. The Kier molecular flexibility index (Phi) is 7.15. The molecular formula is C28H29FN4O5. The van der Waals surface area contributed by atoms with Crippen molar-refractivity contribution in [2.24, 2.45) is 5.92 Å². The van der Waals surface area contributed by atoms with Crippen LogP contribution in [0.1, 0.15) is 11.1 Å². The van der Waals surface area contributed by atoms with Crippen LogP contribution >= 0.6 is 0 Å². The van der Waals surface area contributed by atoms with Crippen LogP contribution in [0.5, 0.6) is 11.5 Å². The number of non-ortho nitro benzene ring substituents is 1. The molecule has 1 amide bonds. The fourth-order valence-electron chi connectivity index (χ4n) is 5.42. The number of halogens is 1. The first-order valence-electron chi connectivity index (χ1n) is 12.4. The van der Waals surface area contributed by atoms with Crippen molar-refractivity contribution < 1.29 is 23.6 Å². The van der Waals surface area contributed by atoms with Gasteiger partial charge in [-0.3, -0.25) is 19.8 Å². The predicted octanol–water partition coefficient (Wildman–Crippen LogP) is 4.25. The van der Waals surface area contributed by atoms with E-state index < -0.39 is 10.8 Å². The Morgan fingerprint density at radius 2 is 1.82 bits per heavy atom. The number of nitrogens with zero attached hydrogens (tertiary/aromatic N) is 3. The lowest BCUT2D eigenvalue weighted by Gasteiger charge is -2.49. The summed E-state index contributed by atoms with van der Waals surface area (Å²) in [7, 11) is 3.08. The number of piperazine rings is 1. The number of carbonyl (C=O) groups excluding carboxylic acids is 1. The number of anilines is 2. The largest absolute Gasteiger partial charge is 0.493 e. The summed E-state index contributed by atoms with van der Waals surface area (Å²) in [5, 5.41) is 14.5. The minimum absolute atomic E-state index is 0.0104. The maximum absolute atomic E-state index is 13.7. The number of fused-ring (bicyclic) bond motifs is 3. The SMILES string of the molecule is COc1ccc(NC(=O)[C@@H]2Cc3cc([N+](=O)[O-])ccc3N3CCN(Cc4ccc(F)cc4)C[C@@H]23)cc1OC. The molecule has 0 saturated carbocycles. The molecule has 0 bridgehead atoms. The van der Waals surface area contributed by atoms with Crippen molar-refractivity contribution in [2.75, 3.05) is 44.1 Å². The van der Waals surface area contributed by atoms with E-state index in [1.165, 1.54) is 25.3 Å². The minimum Gasteiger partial charge on any atom is -0.493 e. The van der Waals surface area contributed by atoms with Crippen molar-refractivity contribution in [1.82, 2.24) is 4.90 Å². The number of nitro groups is 1. The molecule has 0 radical (unpaired) electrons. The number of nitro benzene ring substituents is 1. The number of hydrogen-bond donors (Lipinski definition) is 1. The zero-order valence-corrected chi connectivity index (χ0v) is 21.2. The third-order valence-electron chi connectivity index (χ3n) is 7.30. The normalized spacial score (nSPS) is 18.8. The zero-order chi connectivity index (χ0) is 26.8. The molecule has 1 saturated heterocycles. The molecular weight excluding hydrogens is 491 g/mol. The monoisotopic (exact) mass is 520 g/mol. The van der Waals surface area contributed by atoms with Crippen LogP contribution in [0.25, 0.3) is 0 Å². The van der Waals surface area contributed by atoms with Crippen LogP contribution in [0, 0.1) is 21.8 Å². The summed E-state index contributed by atoms with van der Waals surface area (Å²) < 4.78 is 24.1. The number of nitrogens with one attached hydrogen (secondary N) is 1. The molecule has 0 aromatic heterocycles. The molecule has 0 aliphatic carbocycles. The number of carbonyl (C=O) groups is 1. The smallest absolute Gasteiger partial charge is 0.269 e. The molecule has 2 aliphatic rings. The van der Waals surface area contributed by atoms with E-state index >= 15 is 0 Å². The van der Waals surface area contributed by atoms with E-state index in [1.807, 2.05) is 0 Å². The van der Waals surface area contributed by atoms with Crippen LogP contribution in [0.15, 0.2) is 60.7 Å². The van der Waals surface area contributed by atoms with Gasteiger partial charge in [-0.15, -0.1) is 0 Å². The van der Waals surface area contributed by atoms with Crippen molar-refractivity contribution in [3.05, 3.63) is 87.7 Å². The van der Waals surface area contributed by atoms with Crippen LogP contribution in [0.2, 0.25) is 0 Å². The first-order valence-corrected chi connectivity index (χ1v) is 12.4. The Hall–Kier alpha value is -4.18. The third kappa shape index (κ3) is 5.12. The highest BCUT2D eigenvalue weighted by atomic mass is 19.1. The first kappa shape index (κ1) is 25.5. The molecule has 3 aromatic rings. The zero-order valence-electron chi connectivity index (χ0n) is 21.2. The lowest BCUT2D eigenvalue weighted by molar-refractivity contribution is -0.384. The topological polar surface area (TPSA) is 97.2 Å². The van der Waals surface area contributed by atoms with Crippen LogP contribution in [-0.2, 0) is 17.8 Å². The summed E-state index contributed by atoms with van der Waals surface area (Å²) in [6.07, 6.45) is 0.377. The van der Waals surface area contributed by atoms with E-state index in [1.54, 1.807) is 49.6 Å². The second-order valence-electron chi connectivity index (χ2n) is 9.56. The third-order valence-corrected chi connectivity index (χ3v) is 7.30. The van der Waals surface area contributed by atoms with Gasteiger partial charge in [0, 0.05) is 55.8 Å². The Labute approximate surface area is 219 Å². The van der Waals surface area contributed by atoms with E-state index in [4.69, 9.17) is 9.47 Å². The van der Waals surface area contributed by atoms with Gasteiger partial charge in [0.05, 0.1) is 31.1 Å². The van der Waals surface area contributed by atoms with Gasteiger partial charge in [-0.25, -0.2) is 4.39 Å². The van der Waals surface area contributed by atoms with Crippen molar-refractivity contribution in [2.45, 2.75) is 19.0 Å². The van der Waals surface area contributed by atoms with Crippen molar-refractivity contribution in [3.63, 3.8) is 0 Å². The lowest BCUT2D eigenvalue weighted by Crippen LogP contribution is -2.60. The maximum atomic E-state index is 13.7. The summed E-state index contributed by atoms with van der Waals surface area (Å²) in [5.41, 5.74) is 3.30. The van der Waals surface area contributed by atoms with Gasteiger partial charge in [0.15, 0.2) is 11.5 Å². The molecule has 1 N–H and O–H groups in total. The summed E-state index contributed by atoms with van der Waals surface area (Å²) >= 11 is 0. The Morgan fingerprint density at radius 3 is 2.53 bits per heavy atom. The predicted molar refractivity (Wildman–Crippen MR) is 141 cm³/mol. The van der Waals surface area contributed by atoms with E-state index in [2.05, 4.69) is 15.1 Å². The number of ether oxygens (including phenoxy) is 2. The highest BCUT2D eigenvalue weighted by Gasteiger charge is 2.42. The highest BCUT2D eigenvalue weighted by Crippen LogP contribution is 2.39. The van der Waals surface area contributed by atoms with Gasteiger partial charge >= 0.3 is 0 Å². The summed E-state index contributed by atoms with van der Waals surface area (Å²) in [6.45, 7) is 2.67. The molecule has 38 heavy (non-hydrogen) atoms. The molecule has 9 nitrogen and oxygen atoms in total. The van der Waals surface area contributed by atoms with Gasteiger partial charge in [0.25, 0.3) is 5.69 Å². The molecule has 10 heteroatoms. The van der Waals surface area contributed by atoms with E-state index in [0.29, 0.717) is 43.2 Å². The quantitative estimate of drug-likeness (QED) is 0.367. The van der Waals surface area contributed by atoms with Crippen molar-refractivity contribution in [1.29, 1.82) is 0 Å². The summed E-state index contributed by atoms with van der Waals surface area (Å²) in [6, 6.07) is 16.4. The summed E-state index contributed by atoms with van der Waals surface area (Å²) in [4.78, 5) is 29.2. The molecule has 5 rings (SSSR count). The number of methoxy groups -OCH3 is 2. The standard InChI is InChI=1S/C28H29FN4O5/c1-37-26-10-7-21(15-27(26)38-2)30-28(34)23-14-19-13-22(33(35)36)8-9-24(19)32-12-11-31(17-25(23)32)16-18-3-5-20(29)6-4-18/h3-10,13,15,23,25H,11-12,14,16-17H2,1-2H3,(H,30,34)/t23-,25+/m1/s1. The second kappa shape index (κ2) is 10.7. The fourth-order valence-corrected chi connectivity index (χ4v) is 5.42. The van der Waals surface area contributed by atoms with Gasteiger partial charge in [-0.2, -0.15) is 0 Å². The maximum Gasteiger partial charge on any atom is 0.269 e. The number of rotatable bonds is 7. The Morgan fingerprint density at radius 1 is 1.05 bits per heavy atom. The molecule has 1 fully saturated rings. The van der Waals surface area contributed by atoms with Crippen LogP contribution in [-0.4, -0.2) is 55.6 Å². The van der Waals surface area contributed by atoms with E-state index in [0.717, 1.165) is 23.4 Å². The Bertz CT molecular complexity index is 1350. The van der Waals surface area contributed by atoms with Gasteiger partial charge in [-0.05, 0) is 47.9 Å². The molecule has 0 spiro atoms.